The van der Waals surface area contributed by atoms with Crippen LogP contribution in [-0.4, -0.2) is 36.9 Å². The summed E-state index contributed by atoms with van der Waals surface area (Å²) >= 11 is 0. The van der Waals surface area contributed by atoms with Gasteiger partial charge in [-0.15, -0.1) is 0 Å². The van der Waals surface area contributed by atoms with Gasteiger partial charge < -0.3 is 9.80 Å². The maximum atomic E-state index is 13.5. The summed E-state index contributed by atoms with van der Waals surface area (Å²) in [5, 5.41) is 9.12. The number of anilines is 1. The largest absolute Gasteiger partial charge is 0.343 e. The average molecular weight is 387 g/mol. The van der Waals surface area contributed by atoms with Crippen LogP contribution in [0.1, 0.15) is 30.4 Å². The van der Waals surface area contributed by atoms with Crippen LogP contribution < -0.4 is 4.90 Å². The number of nitriles is 1. The molecule has 0 aliphatic carbocycles. The summed E-state index contributed by atoms with van der Waals surface area (Å²) in [4.78, 5) is 30.3. The zero-order valence-electron chi connectivity index (χ0n) is 16.7. The highest BCUT2D eigenvalue weighted by Crippen LogP contribution is 2.46. The molecule has 29 heavy (non-hydrogen) atoms. The topological polar surface area (TPSA) is 64.4 Å². The molecular weight excluding hydrogens is 362 g/mol. The molecule has 2 aromatic carbocycles. The van der Waals surface area contributed by atoms with E-state index in [4.69, 9.17) is 5.26 Å². The molecule has 0 aromatic heterocycles. The molecule has 0 N–H and O–H groups in total. The Morgan fingerprint density at radius 1 is 1.10 bits per heavy atom. The van der Waals surface area contributed by atoms with E-state index in [1.807, 2.05) is 59.5 Å². The molecule has 148 valence electrons. The van der Waals surface area contributed by atoms with E-state index in [-0.39, 0.29) is 24.2 Å². The fourth-order valence-electron chi connectivity index (χ4n) is 4.69. The predicted molar refractivity (Wildman–Crippen MR) is 111 cm³/mol. The fourth-order valence-corrected chi connectivity index (χ4v) is 4.69. The molecule has 0 radical (unpaired) electrons. The molecule has 1 saturated heterocycles. The van der Waals surface area contributed by atoms with Crippen LogP contribution in [-0.2, 0) is 21.4 Å². The number of carbonyl (C=O) groups excluding carboxylic acids is 2. The van der Waals surface area contributed by atoms with Crippen LogP contribution in [0.3, 0.4) is 0 Å². The molecule has 4 rings (SSSR count). The summed E-state index contributed by atoms with van der Waals surface area (Å²) in [5.41, 5.74) is 1.96. The van der Waals surface area contributed by atoms with E-state index in [1.165, 1.54) is 0 Å². The van der Waals surface area contributed by atoms with Gasteiger partial charge in [-0.1, -0.05) is 48.5 Å². The van der Waals surface area contributed by atoms with Crippen LogP contribution >= 0.6 is 0 Å². The van der Waals surface area contributed by atoms with Gasteiger partial charge in [0.25, 0.3) is 0 Å². The third kappa shape index (κ3) is 3.40. The van der Waals surface area contributed by atoms with E-state index in [2.05, 4.69) is 6.07 Å². The molecular formula is C24H25N3O2. The Morgan fingerprint density at radius 3 is 2.45 bits per heavy atom. The second-order valence-electron chi connectivity index (χ2n) is 8.09. The second-order valence-corrected chi connectivity index (χ2v) is 8.09. The Labute approximate surface area is 171 Å². The summed E-state index contributed by atoms with van der Waals surface area (Å²) in [6, 6.07) is 20.0. The van der Waals surface area contributed by atoms with E-state index in [1.54, 1.807) is 11.9 Å². The Kier molecular flexibility index (Phi) is 5.10. The summed E-state index contributed by atoms with van der Waals surface area (Å²) < 4.78 is 0. The van der Waals surface area contributed by atoms with Gasteiger partial charge in [0.1, 0.15) is 0 Å². The number of benzene rings is 2. The van der Waals surface area contributed by atoms with Crippen molar-refractivity contribution >= 4 is 17.5 Å². The molecule has 0 bridgehead atoms. The highest BCUT2D eigenvalue weighted by atomic mass is 16.2. The van der Waals surface area contributed by atoms with Crippen molar-refractivity contribution < 1.29 is 9.59 Å². The Hall–Kier alpha value is -3.13. The molecule has 0 spiro atoms. The van der Waals surface area contributed by atoms with Crippen LogP contribution in [0.25, 0.3) is 0 Å². The fraction of sp³-hybridized carbons (Fsp3) is 0.375. The minimum atomic E-state index is -0.893. The zero-order chi connectivity index (χ0) is 20.4. The van der Waals surface area contributed by atoms with Crippen LogP contribution in [0.4, 0.5) is 5.69 Å². The van der Waals surface area contributed by atoms with Crippen molar-refractivity contribution in [2.75, 3.05) is 25.0 Å². The number of fused-ring (bicyclic) bond motifs is 1. The Balaban J connectivity index is 1.68. The standard InChI is InChI=1S/C24H25N3O2/c1-26-21-10-6-5-9-20(21)24(23(26)29,15-18-7-3-2-4-8-18)16-22(28)27-13-11-19(17-25)12-14-27/h2-10,19H,11-16H2,1H3/t24-/m0/s1. The highest BCUT2D eigenvalue weighted by Gasteiger charge is 2.51. The summed E-state index contributed by atoms with van der Waals surface area (Å²) in [5.74, 6) is -0.00381. The van der Waals surface area contributed by atoms with Crippen LogP contribution in [0.15, 0.2) is 54.6 Å². The maximum Gasteiger partial charge on any atom is 0.238 e. The molecule has 2 aliphatic rings. The van der Waals surface area contributed by atoms with Crippen molar-refractivity contribution in [3.05, 3.63) is 65.7 Å². The number of para-hydroxylation sites is 1. The van der Waals surface area contributed by atoms with Gasteiger partial charge in [-0.25, -0.2) is 0 Å². The molecule has 5 heteroatoms. The van der Waals surface area contributed by atoms with Crippen molar-refractivity contribution in [1.29, 1.82) is 5.26 Å². The van der Waals surface area contributed by atoms with Gasteiger partial charge in [-0.2, -0.15) is 5.26 Å². The molecule has 5 nitrogen and oxygen atoms in total. The van der Waals surface area contributed by atoms with E-state index < -0.39 is 5.41 Å². The number of rotatable bonds is 4. The van der Waals surface area contributed by atoms with E-state index in [0.29, 0.717) is 32.4 Å². The first kappa shape index (κ1) is 19.2. The third-order valence-corrected chi connectivity index (χ3v) is 6.33. The van der Waals surface area contributed by atoms with Gasteiger partial charge in [0.2, 0.25) is 11.8 Å². The minimum absolute atomic E-state index is 0.00391. The van der Waals surface area contributed by atoms with Gasteiger partial charge in [-0.05, 0) is 36.5 Å². The minimum Gasteiger partial charge on any atom is -0.343 e. The quantitative estimate of drug-likeness (QED) is 0.809. The van der Waals surface area contributed by atoms with Gasteiger partial charge in [0, 0.05) is 38.2 Å². The number of hydrogen-bond acceptors (Lipinski definition) is 3. The lowest BCUT2D eigenvalue weighted by atomic mass is 9.73. The van der Waals surface area contributed by atoms with E-state index in [0.717, 1.165) is 16.8 Å². The summed E-state index contributed by atoms with van der Waals surface area (Å²) in [7, 11) is 1.79. The number of piperidine rings is 1. The molecule has 2 aliphatic heterocycles. The molecule has 2 heterocycles. The van der Waals surface area contributed by atoms with Gasteiger partial charge in [0.15, 0.2) is 0 Å². The number of nitrogens with zero attached hydrogens (tertiary/aromatic N) is 3. The third-order valence-electron chi connectivity index (χ3n) is 6.33. The SMILES string of the molecule is CN1C(=O)[C@](CC(=O)N2CCC(C#N)CC2)(Cc2ccccc2)c2ccccc21. The van der Waals surface area contributed by atoms with Crippen molar-refractivity contribution in [2.24, 2.45) is 5.92 Å². The predicted octanol–water partition coefficient (Wildman–Crippen LogP) is 3.30. The van der Waals surface area contributed by atoms with Crippen LogP contribution in [0.5, 0.6) is 0 Å². The summed E-state index contributed by atoms with van der Waals surface area (Å²) in [6.07, 6.45) is 2.06. The number of likely N-dealkylation sites (N-methyl/N-ethyl adjacent to an activating group) is 1. The van der Waals surface area contributed by atoms with E-state index >= 15 is 0 Å². The first-order valence-corrected chi connectivity index (χ1v) is 10.1. The van der Waals surface area contributed by atoms with Gasteiger partial charge in [-0.3, -0.25) is 9.59 Å². The average Bonchev–Trinajstić information content (AvgIpc) is 2.97. The normalized spacial score (nSPS) is 21.7. The second kappa shape index (κ2) is 7.71. The molecule has 0 saturated carbocycles. The number of carbonyl (C=O) groups is 2. The van der Waals surface area contributed by atoms with Gasteiger partial charge >= 0.3 is 0 Å². The van der Waals surface area contributed by atoms with Crippen molar-refractivity contribution in [3.8, 4) is 6.07 Å². The Bertz CT molecular complexity index is 958. The first-order chi connectivity index (χ1) is 14.0. The van der Waals surface area contributed by atoms with Crippen LogP contribution in [0, 0.1) is 17.2 Å². The molecule has 2 aromatic rings. The lowest BCUT2D eigenvalue weighted by molar-refractivity contribution is -0.137. The molecule has 2 amide bonds. The number of amides is 2. The lowest BCUT2D eigenvalue weighted by Crippen LogP contribution is -2.47. The molecule has 0 unspecified atom stereocenters. The van der Waals surface area contributed by atoms with Crippen molar-refractivity contribution in [2.45, 2.75) is 31.1 Å². The first-order valence-electron chi connectivity index (χ1n) is 10.1. The van der Waals surface area contributed by atoms with Crippen molar-refractivity contribution in [1.82, 2.24) is 4.90 Å². The molecule has 1 atom stereocenters. The Morgan fingerprint density at radius 2 is 1.76 bits per heavy atom. The number of likely N-dealkylation sites (tertiary alicyclic amines) is 1. The number of hydrogen-bond donors (Lipinski definition) is 0. The zero-order valence-corrected chi connectivity index (χ0v) is 16.7. The monoisotopic (exact) mass is 387 g/mol. The lowest BCUT2D eigenvalue weighted by Gasteiger charge is -2.34. The van der Waals surface area contributed by atoms with Crippen molar-refractivity contribution in [3.63, 3.8) is 0 Å². The van der Waals surface area contributed by atoms with Gasteiger partial charge in [0.05, 0.1) is 11.5 Å². The summed E-state index contributed by atoms with van der Waals surface area (Å²) in [6.45, 7) is 1.17. The maximum absolute atomic E-state index is 13.5. The smallest absolute Gasteiger partial charge is 0.238 e. The van der Waals surface area contributed by atoms with E-state index in [9.17, 15) is 9.59 Å². The van der Waals surface area contributed by atoms with Crippen LogP contribution in [0.2, 0.25) is 0 Å². The highest BCUT2D eigenvalue weighted by molar-refractivity contribution is 6.09. The molecule has 1 fully saturated rings.